The molecule has 31 heavy (non-hydrogen) atoms. The van der Waals surface area contributed by atoms with Crippen LogP contribution in [0.4, 0.5) is 5.69 Å². The third-order valence-corrected chi connectivity index (χ3v) is 7.50. The molecule has 7 heteroatoms. The summed E-state index contributed by atoms with van der Waals surface area (Å²) in [4.78, 5) is 18.7. The molecule has 7 nitrogen and oxygen atoms in total. The number of benzene rings is 1. The first-order valence-corrected chi connectivity index (χ1v) is 11.5. The molecule has 2 aromatic rings. The highest BCUT2D eigenvalue weighted by Gasteiger charge is 2.41. The zero-order valence-electron chi connectivity index (χ0n) is 18.2. The number of pyridine rings is 1. The minimum Gasteiger partial charge on any atom is -0.481 e. The number of hydrogen-bond acceptors (Lipinski definition) is 6. The Hall–Kier alpha value is -2.22. The predicted molar refractivity (Wildman–Crippen MR) is 120 cm³/mol. The van der Waals surface area contributed by atoms with Gasteiger partial charge in [-0.15, -0.1) is 0 Å². The molecule has 166 valence electrons. The molecule has 0 aliphatic carbocycles. The molecule has 0 bridgehead atoms. The second kappa shape index (κ2) is 8.73. The molecule has 3 unspecified atom stereocenters. The van der Waals surface area contributed by atoms with Crippen molar-refractivity contribution in [2.45, 2.75) is 50.2 Å². The fraction of sp³-hybridized carbons (Fsp3) is 0.583. The molecule has 0 radical (unpaired) electrons. The van der Waals surface area contributed by atoms with Crippen molar-refractivity contribution >= 4 is 22.6 Å². The third-order valence-electron chi connectivity index (χ3n) is 7.50. The first-order chi connectivity index (χ1) is 15.1. The maximum atomic E-state index is 11.4. The molecule has 1 aromatic heterocycles. The number of nitrogens with one attached hydrogen (secondary N) is 1. The summed E-state index contributed by atoms with van der Waals surface area (Å²) < 4.78 is 5.58. The normalized spacial score (nSPS) is 27.5. The molecule has 0 amide bonds. The molecule has 5 rings (SSSR count). The Bertz CT molecular complexity index is 944. The summed E-state index contributed by atoms with van der Waals surface area (Å²) in [6.07, 6.45) is 6.59. The number of fused-ring (bicyclic) bond motifs is 2. The van der Waals surface area contributed by atoms with Crippen molar-refractivity contribution in [2.75, 3.05) is 38.2 Å². The smallest absolute Gasteiger partial charge is 0.303 e. The van der Waals surface area contributed by atoms with Gasteiger partial charge in [0.15, 0.2) is 0 Å². The van der Waals surface area contributed by atoms with Crippen molar-refractivity contribution in [2.24, 2.45) is 5.92 Å². The number of carboxylic acids is 1. The Labute approximate surface area is 183 Å². The molecule has 1 aromatic carbocycles. The largest absolute Gasteiger partial charge is 0.481 e. The standard InChI is InChI=1S/C24H32N4O3/c1-31-19-7-10-27(11-8-19)20-5-4-16-3-2-9-25-24(16)23(20)17-6-12-28-21(13-17)18(15-26-28)14-22(29)30/h2-5,9,17-19,21,26H,6-8,10-15H2,1H3,(H,29,30). The minimum atomic E-state index is -0.704. The van der Waals surface area contributed by atoms with Crippen LogP contribution in [0.1, 0.15) is 43.6 Å². The number of methoxy groups -OCH3 is 1. The lowest BCUT2D eigenvalue weighted by Gasteiger charge is -2.39. The van der Waals surface area contributed by atoms with Crippen LogP contribution in [0.25, 0.3) is 10.9 Å². The number of ether oxygens (including phenoxy) is 1. The molecule has 3 atom stereocenters. The van der Waals surface area contributed by atoms with Gasteiger partial charge in [0.1, 0.15) is 0 Å². The van der Waals surface area contributed by atoms with E-state index < -0.39 is 5.97 Å². The highest BCUT2D eigenvalue weighted by Crippen LogP contribution is 2.43. The number of rotatable bonds is 5. The van der Waals surface area contributed by atoms with Gasteiger partial charge in [0.2, 0.25) is 0 Å². The highest BCUT2D eigenvalue weighted by atomic mass is 16.5. The lowest BCUT2D eigenvalue weighted by Crippen LogP contribution is -2.44. The number of hydrazine groups is 1. The fourth-order valence-electron chi connectivity index (χ4n) is 5.87. The van der Waals surface area contributed by atoms with Crippen molar-refractivity contribution in [3.63, 3.8) is 0 Å². The molecule has 3 aliphatic heterocycles. The Morgan fingerprint density at radius 3 is 2.84 bits per heavy atom. The van der Waals surface area contributed by atoms with Crippen LogP contribution >= 0.6 is 0 Å². The number of carbonyl (C=O) groups is 1. The third kappa shape index (κ3) is 4.02. The van der Waals surface area contributed by atoms with Gasteiger partial charge >= 0.3 is 5.97 Å². The first-order valence-electron chi connectivity index (χ1n) is 11.5. The van der Waals surface area contributed by atoms with Gasteiger partial charge in [-0.25, -0.2) is 5.01 Å². The van der Waals surface area contributed by atoms with Crippen molar-refractivity contribution in [1.82, 2.24) is 15.4 Å². The zero-order valence-corrected chi connectivity index (χ0v) is 18.2. The SMILES string of the molecule is COC1CCN(c2ccc3cccnc3c2C2CCN3NCC(CC(=O)O)C3C2)CC1. The fourth-order valence-corrected chi connectivity index (χ4v) is 5.87. The molecule has 2 N–H and O–H groups in total. The Morgan fingerprint density at radius 2 is 2.06 bits per heavy atom. The summed E-state index contributed by atoms with van der Waals surface area (Å²) in [5.41, 5.74) is 7.21. The molecule has 3 aliphatic rings. The van der Waals surface area contributed by atoms with Gasteiger partial charge in [0, 0.05) is 68.1 Å². The van der Waals surface area contributed by atoms with E-state index in [1.807, 2.05) is 19.4 Å². The summed E-state index contributed by atoms with van der Waals surface area (Å²) in [6, 6.07) is 8.89. The Kier molecular flexibility index (Phi) is 5.82. The molecular weight excluding hydrogens is 392 g/mol. The van der Waals surface area contributed by atoms with Crippen LogP contribution in [-0.2, 0) is 9.53 Å². The first kappa shape index (κ1) is 20.7. The van der Waals surface area contributed by atoms with Gasteiger partial charge in [0.25, 0.3) is 0 Å². The summed E-state index contributed by atoms with van der Waals surface area (Å²) in [5.74, 6) is -0.167. The van der Waals surface area contributed by atoms with Crippen LogP contribution in [0.2, 0.25) is 0 Å². The van der Waals surface area contributed by atoms with Crippen molar-refractivity contribution < 1.29 is 14.6 Å². The van der Waals surface area contributed by atoms with Crippen LogP contribution in [0, 0.1) is 5.92 Å². The predicted octanol–water partition coefficient (Wildman–Crippen LogP) is 3.01. The van der Waals surface area contributed by atoms with E-state index in [0.29, 0.717) is 12.0 Å². The number of aliphatic carboxylic acids is 1. The summed E-state index contributed by atoms with van der Waals surface area (Å²) in [6.45, 7) is 3.69. The quantitative estimate of drug-likeness (QED) is 0.764. The van der Waals surface area contributed by atoms with Gasteiger partial charge in [-0.2, -0.15) is 0 Å². The molecule has 0 saturated carbocycles. The van der Waals surface area contributed by atoms with E-state index in [4.69, 9.17) is 9.72 Å². The van der Waals surface area contributed by atoms with E-state index in [1.165, 1.54) is 16.6 Å². The van der Waals surface area contributed by atoms with Crippen molar-refractivity contribution in [3.05, 3.63) is 36.0 Å². The second-order valence-corrected chi connectivity index (χ2v) is 9.20. The molecule has 3 saturated heterocycles. The van der Waals surface area contributed by atoms with E-state index in [-0.39, 0.29) is 18.4 Å². The van der Waals surface area contributed by atoms with E-state index in [1.54, 1.807) is 0 Å². The second-order valence-electron chi connectivity index (χ2n) is 9.20. The van der Waals surface area contributed by atoms with Crippen LogP contribution in [0.5, 0.6) is 0 Å². The van der Waals surface area contributed by atoms with Crippen molar-refractivity contribution in [3.8, 4) is 0 Å². The maximum Gasteiger partial charge on any atom is 0.303 e. The number of hydrogen-bond donors (Lipinski definition) is 2. The van der Waals surface area contributed by atoms with E-state index in [2.05, 4.69) is 33.5 Å². The van der Waals surface area contributed by atoms with Gasteiger partial charge in [-0.1, -0.05) is 12.1 Å². The minimum absolute atomic E-state index is 0.157. The molecular formula is C24H32N4O3. The molecule has 4 heterocycles. The van der Waals surface area contributed by atoms with Gasteiger partial charge in [0.05, 0.1) is 18.0 Å². The number of carboxylic acid groups (broad SMARTS) is 1. The number of aromatic nitrogens is 1. The van der Waals surface area contributed by atoms with E-state index in [0.717, 1.165) is 57.4 Å². The van der Waals surface area contributed by atoms with E-state index >= 15 is 0 Å². The number of piperidine rings is 2. The maximum absolute atomic E-state index is 11.4. The lowest BCUT2D eigenvalue weighted by atomic mass is 9.80. The number of anilines is 1. The van der Waals surface area contributed by atoms with Gasteiger partial charge in [-0.05, 0) is 43.7 Å². The zero-order chi connectivity index (χ0) is 21.4. The van der Waals surface area contributed by atoms with E-state index in [9.17, 15) is 9.90 Å². The van der Waals surface area contributed by atoms with Crippen molar-refractivity contribution in [1.29, 1.82) is 0 Å². The van der Waals surface area contributed by atoms with Gasteiger partial charge < -0.3 is 14.7 Å². The number of nitrogens with zero attached hydrogens (tertiary/aromatic N) is 3. The van der Waals surface area contributed by atoms with Gasteiger partial charge in [-0.3, -0.25) is 15.2 Å². The molecule has 0 spiro atoms. The molecule has 3 fully saturated rings. The monoisotopic (exact) mass is 424 g/mol. The van der Waals surface area contributed by atoms with Crippen LogP contribution in [-0.4, -0.2) is 66.5 Å². The van der Waals surface area contributed by atoms with Crippen LogP contribution < -0.4 is 10.3 Å². The topological polar surface area (TPSA) is 77.9 Å². The summed E-state index contributed by atoms with van der Waals surface area (Å²) in [5, 5.41) is 12.8. The highest BCUT2D eigenvalue weighted by molar-refractivity contribution is 5.87. The average Bonchev–Trinajstić information content (AvgIpc) is 3.19. The average molecular weight is 425 g/mol. The van der Waals surface area contributed by atoms with Crippen LogP contribution in [0.3, 0.4) is 0 Å². The summed E-state index contributed by atoms with van der Waals surface area (Å²) >= 11 is 0. The lowest BCUT2D eigenvalue weighted by molar-refractivity contribution is -0.138. The summed E-state index contributed by atoms with van der Waals surface area (Å²) in [7, 11) is 1.81. The Morgan fingerprint density at radius 1 is 1.23 bits per heavy atom. The van der Waals surface area contributed by atoms with Crippen LogP contribution in [0.15, 0.2) is 30.5 Å². The Balaban J connectivity index is 1.48.